The Kier molecular flexibility index (Phi) is 7.66. The number of benzene rings is 2. The number of Topliss-reactive ketones (excluding diaryl/α,β-unsaturated/α-hetero) is 1. The Morgan fingerprint density at radius 3 is 2.37 bits per heavy atom. The van der Waals surface area contributed by atoms with Gasteiger partial charge >= 0.3 is 6.09 Å². The zero-order valence-corrected chi connectivity index (χ0v) is 18.2. The second kappa shape index (κ2) is 9.98. The topological polar surface area (TPSA) is 64.6 Å². The summed E-state index contributed by atoms with van der Waals surface area (Å²) in [4.78, 5) is 24.2. The number of carbonyl (C=O) groups excluding carboxylic acids is 2. The third-order valence-electron chi connectivity index (χ3n) is 4.57. The standard InChI is InChI=1S/C25H29NO4/c1-7-17(3)19-11-9-18(10-12-19)16-29-20-13-14-22(21(15-20)23(27)8-2)26-24(28)30-25(4,5)6/h2,9-15,17H,7,16H2,1,3-6H3,(H,26,28). The molecule has 158 valence electrons. The van der Waals surface area contributed by atoms with Gasteiger partial charge in [0.25, 0.3) is 0 Å². The molecule has 2 aromatic rings. The fourth-order valence-electron chi connectivity index (χ4n) is 2.75. The molecule has 1 N–H and O–H groups in total. The third kappa shape index (κ3) is 6.66. The average molecular weight is 408 g/mol. The molecular formula is C25H29NO4. The summed E-state index contributed by atoms with van der Waals surface area (Å²) in [6.07, 6.45) is 5.71. The molecule has 30 heavy (non-hydrogen) atoms. The van der Waals surface area contributed by atoms with Crippen molar-refractivity contribution in [1.82, 2.24) is 0 Å². The largest absolute Gasteiger partial charge is 0.489 e. The molecule has 0 aliphatic rings. The molecule has 2 aromatic carbocycles. The molecule has 0 spiro atoms. The third-order valence-corrected chi connectivity index (χ3v) is 4.57. The lowest BCUT2D eigenvalue weighted by Gasteiger charge is -2.20. The van der Waals surface area contributed by atoms with Crippen molar-refractivity contribution in [2.45, 2.75) is 59.2 Å². The molecule has 0 saturated heterocycles. The van der Waals surface area contributed by atoms with Gasteiger partial charge in [0.1, 0.15) is 18.0 Å². The molecule has 0 aliphatic heterocycles. The molecule has 0 fully saturated rings. The monoisotopic (exact) mass is 407 g/mol. The number of ketones is 1. The number of terminal acetylenes is 1. The molecule has 1 atom stereocenters. The highest BCUT2D eigenvalue weighted by Gasteiger charge is 2.19. The minimum absolute atomic E-state index is 0.174. The van der Waals surface area contributed by atoms with Crippen LogP contribution in [0.15, 0.2) is 42.5 Å². The van der Waals surface area contributed by atoms with Crippen molar-refractivity contribution in [2.75, 3.05) is 5.32 Å². The van der Waals surface area contributed by atoms with Crippen molar-refractivity contribution in [3.63, 3.8) is 0 Å². The maximum absolute atomic E-state index is 12.2. The van der Waals surface area contributed by atoms with Crippen molar-refractivity contribution in [2.24, 2.45) is 0 Å². The highest BCUT2D eigenvalue weighted by Crippen LogP contribution is 2.25. The number of amides is 1. The first-order valence-electron chi connectivity index (χ1n) is 9.99. The van der Waals surface area contributed by atoms with E-state index in [9.17, 15) is 9.59 Å². The maximum Gasteiger partial charge on any atom is 0.412 e. The number of nitrogens with one attached hydrogen (secondary N) is 1. The normalized spacial score (nSPS) is 11.9. The summed E-state index contributed by atoms with van der Waals surface area (Å²) in [7, 11) is 0. The van der Waals surface area contributed by atoms with Crippen molar-refractivity contribution in [3.8, 4) is 18.1 Å². The van der Waals surface area contributed by atoms with Gasteiger partial charge < -0.3 is 9.47 Å². The lowest BCUT2D eigenvalue weighted by molar-refractivity contribution is 0.0636. The van der Waals surface area contributed by atoms with Gasteiger partial charge in [0.2, 0.25) is 5.78 Å². The molecule has 0 heterocycles. The molecular weight excluding hydrogens is 378 g/mol. The summed E-state index contributed by atoms with van der Waals surface area (Å²) < 4.78 is 11.1. The number of hydrogen-bond donors (Lipinski definition) is 1. The molecule has 1 amide bonds. The Hall–Kier alpha value is -3.26. The van der Waals surface area contributed by atoms with Gasteiger partial charge in [0.15, 0.2) is 0 Å². The van der Waals surface area contributed by atoms with E-state index in [4.69, 9.17) is 15.9 Å². The van der Waals surface area contributed by atoms with Crippen LogP contribution in [0.3, 0.4) is 0 Å². The number of carbonyl (C=O) groups is 2. The zero-order valence-electron chi connectivity index (χ0n) is 18.2. The number of hydrogen-bond acceptors (Lipinski definition) is 4. The quantitative estimate of drug-likeness (QED) is 0.350. The minimum atomic E-state index is -0.663. The van der Waals surface area contributed by atoms with Crippen molar-refractivity contribution < 1.29 is 19.1 Å². The molecule has 1 unspecified atom stereocenters. The van der Waals surface area contributed by atoms with Gasteiger partial charge in [-0.3, -0.25) is 10.1 Å². The molecule has 0 aliphatic carbocycles. The fourth-order valence-corrected chi connectivity index (χ4v) is 2.75. The Morgan fingerprint density at radius 1 is 1.13 bits per heavy atom. The van der Waals surface area contributed by atoms with Crippen LogP contribution in [-0.2, 0) is 11.3 Å². The SMILES string of the molecule is C#CC(=O)c1cc(OCc2ccc(C(C)CC)cc2)ccc1NC(=O)OC(C)(C)C. The number of rotatable bonds is 7. The van der Waals surface area contributed by atoms with Crippen molar-refractivity contribution in [3.05, 3.63) is 59.2 Å². The van der Waals surface area contributed by atoms with E-state index in [1.54, 1.807) is 32.9 Å². The number of ether oxygens (including phenoxy) is 2. The smallest absolute Gasteiger partial charge is 0.412 e. The van der Waals surface area contributed by atoms with E-state index in [2.05, 4.69) is 37.2 Å². The van der Waals surface area contributed by atoms with Gasteiger partial charge in [0.05, 0.1) is 11.3 Å². The molecule has 0 bridgehead atoms. The van der Waals surface area contributed by atoms with Crippen LogP contribution in [-0.4, -0.2) is 17.5 Å². The van der Waals surface area contributed by atoms with Crippen LogP contribution < -0.4 is 10.1 Å². The van der Waals surface area contributed by atoms with Crippen LogP contribution in [0.5, 0.6) is 5.75 Å². The second-order valence-corrected chi connectivity index (χ2v) is 8.15. The van der Waals surface area contributed by atoms with Crippen LogP contribution in [0.4, 0.5) is 10.5 Å². The maximum atomic E-state index is 12.2. The van der Waals surface area contributed by atoms with Gasteiger partial charge in [-0.15, -0.1) is 6.42 Å². The Labute approximate surface area is 178 Å². The average Bonchev–Trinajstić information content (AvgIpc) is 2.70. The first-order chi connectivity index (χ1) is 14.1. The first kappa shape index (κ1) is 23.0. The van der Waals surface area contributed by atoms with Gasteiger partial charge in [-0.05, 0) is 68.4 Å². The number of anilines is 1. The molecule has 5 nitrogen and oxygen atoms in total. The van der Waals surface area contributed by atoms with E-state index in [1.165, 1.54) is 11.6 Å². The van der Waals surface area contributed by atoms with E-state index < -0.39 is 17.5 Å². The molecule has 5 heteroatoms. The Morgan fingerprint density at radius 2 is 1.80 bits per heavy atom. The summed E-state index contributed by atoms with van der Waals surface area (Å²) in [5.74, 6) is 2.53. The van der Waals surface area contributed by atoms with Crippen LogP contribution in [0, 0.1) is 12.3 Å². The zero-order chi connectivity index (χ0) is 22.3. The van der Waals surface area contributed by atoms with E-state index in [-0.39, 0.29) is 11.3 Å². The van der Waals surface area contributed by atoms with Gasteiger partial charge in [-0.1, -0.05) is 38.1 Å². The Bertz CT molecular complexity index is 933. The predicted molar refractivity (Wildman–Crippen MR) is 119 cm³/mol. The second-order valence-electron chi connectivity index (χ2n) is 8.15. The van der Waals surface area contributed by atoms with E-state index in [0.29, 0.717) is 18.3 Å². The summed E-state index contributed by atoms with van der Waals surface area (Å²) in [6, 6.07) is 13.1. The lowest BCUT2D eigenvalue weighted by Crippen LogP contribution is -2.27. The van der Waals surface area contributed by atoms with Gasteiger partial charge in [-0.2, -0.15) is 0 Å². The van der Waals surface area contributed by atoms with Gasteiger partial charge in [-0.25, -0.2) is 4.79 Å². The summed E-state index contributed by atoms with van der Waals surface area (Å²) in [5.41, 5.74) is 2.10. The molecule has 0 radical (unpaired) electrons. The minimum Gasteiger partial charge on any atom is -0.489 e. The van der Waals surface area contributed by atoms with E-state index in [0.717, 1.165) is 12.0 Å². The highest BCUT2D eigenvalue weighted by molar-refractivity contribution is 6.13. The van der Waals surface area contributed by atoms with Crippen molar-refractivity contribution in [1.29, 1.82) is 0 Å². The highest BCUT2D eigenvalue weighted by atomic mass is 16.6. The van der Waals surface area contributed by atoms with Crippen LogP contribution in [0.1, 0.15) is 68.4 Å². The molecule has 0 aromatic heterocycles. The fraction of sp³-hybridized carbons (Fsp3) is 0.360. The van der Waals surface area contributed by atoms with E-state index in [1.807, 2.05) is 12.1 Å². The summed E-state index contributed by atoms with van der Waals surface area (Å²) in [6.45, 7) is 9.98. The van der Waals surface area contributed by atoms with Gasteiger partial charge in [0, 0.05) is 0 Å². The van der Waals surface area contributed by atoms with E-state index >= 15 is 0 Å². The summed E-state index contributed by atoms with van der Waals surface area (Å²) in [5, 5.41) is 2.57. The molecule has 0 saturated carbocycles. The van der Waals surface area contributed by atoms with Crippen molar-refractivity contribution >= 4 is 17.6 Å². The summed E-state index contributed by atoms with van der Waals surface area (Å²) >= 11 is 0. The molecule has 2 rings (SSSR count). The first-order valence-corrected chi connectivity index (χ1v) is 9.99. The lowest BCUT2D eigenvalue weighted by atomic mass is 9.98. The predicted octanol–water partition coefficient (Wildman–Crippen LogP) is 5.94. The van der Waals surface area contributed by atoms with Crippen LogP contribution >= 0.6 is 0 Å². The van der Waals surface area contributed by atoms with Crippen LogP contribution in [0.25, 0.3) is 0 Å². The Balaban J connectivity index is 2.13. The van der Waals surface area contributed by atoms with Crippen LogP contribution in [0.2, 0.25) is 0 Å².